The van der Waals surface area contributed by atoms with E-state index >= 15 is 0 Å². The van der Waals surface area contributed by atoms with Crippen molar-refractivity contribution in [1.82, 2.24) is 0 Å². The molecule has 0 aromatic heterocycles. The van der Waals surface area contributed by atoms with Gasteiger partial charge in [-0.05, 0) is 62.6 Å². The maximum absolute atomic E-state index is 11.9. The summed E-state index contributed by atoms with van der Waals surface area (Å²) in [5.41, 5.74) is 2.40. The van der Waals surface area contributed by atoms with Gasteiger partial charge in [-0.2, -0.15) is 0 Å². The summed E-state index contributed by atoms with van der Waals surface area (Å²) in [5.74, 6) is 0. The predicted octanol–water partition coefficient (Wildman–Crippen LogP) is 5.76. The smallest absolute Gasteiger partial charge is 0.411 e. The molecule has 0 fully saturated rings. The number of carbonyl (C=O) groups excluding carboxylic acids is 1. The van der Waals surface area contributed by atoms with Crippen LogP contribution >= 0.6 is 50.1 Å². The number of hydrogen-bond donors (Lipinski definition) is 1. The number of hydrogen-bond acceptors (Lipinski definition) is 2. The second-order valence-corrected chi connectivity index (χ2v) is 6.74. The third kappa shape index (κ3) is 4.34. The van der Waals surface area contributed by atoms with Crippen LogP contribution in [0.3, 0.4) is 0 Å². The predicted molar refractivity (Wildman–Crippen MR) is 96.9 cm³/mol. The summed E-state index contributed by atoms with van der Waals surface area (Å²) >= 11 is 11.7. The number of carbonyl (C=O) groups is 1. The molecule has 2 aromatic rings. The minimum absolute atomic E-state index is 0.229. The Hall–Kier alpha value is -0.790. The largest absolute Gasteiger partial charge is 0.444 e. The third-order valence-corrected chi connectivity index (χ3v) is 5.04. The Morgan fingerprint density at radius 2 is 2.05 bits per heavy atom. The highest BCUT2D eigenvalue weighted by atomic mass is 127. The van der Waals surface area contributed by atoms with Crippen molar-refractivity contribution in [2.24, 2.45) is 0 Å². The van der Waals surface area contributed by atoms with Crippen LogP contribution in [0.25, 0.3) is 0 Å². The Labute approximate surface area is 150 Å². The van der Waals surface area contributed by atoms with Crippen LogP contribution in [0.2, 0.25) is 5.02 Å². The van der Waals surface area contributed by atoms with Crippen LogP contribution < -0.4 is 5.32 Å². The molecule has 2 aromatic carbocycles. The molecule has 0 unspecified atom stereocenters. The monoisotopic (exact) mass is 479 g/mol. The van der Waals surface area contributed by atoms with Gasteiger partial charge in [-0.15, -0.1) is 0 Å². The summed E-state index contributed by atoms with van der Waals surface area (Å²) in [5, 5.41) is 3.32. The first kappa shape index (κ1) is 16.6. The van der Waals surface area contributed by atoms with Crippen LogP contribution in [0.4, 0.5) is 10.5 Å². The van der Waals surface area contributed by atoms with E-state index in [-0.39, 0.29) is 6.61 Å². The zero-order chi connectivity index (χ0) is 15.4. The van der Waals surface area contributed by atoms with Gasteiger partial charge < -0.3 is 4.74 Å². The van der Waals surface area contributed by atoms with Crippen molar-refractivity contribution >= 4 is 61.9 Å². The molecule has 0 aliphatic carbocycles. The Bertz CT molecular complexity index is 664. The second-order valence-electron chi connectivity index (χ2n) is 4.34. The average molecular weight is 481 g/mol. The SMILES string of the molecule is Cc1c(Cl)c(Br)cc(I)c1NC(=O)OCc1ccccc1. The Morgan fingerprint density at radius 1 is 1.38 bits per heavy atom. The van der Waals surface area contributed by atoms with Crippen molar-refractivity contribution in [2.75, 3.05) is 5.32 Å². The molecule has 3 nitrogen and oxygen atoms in total. The zero-order valence-corrected chi connectivity index (χ0v) is 15.6. The lowest BCUT2D eigenvalue weighted by atomic mass is 10.2. The van der Waals surface area contributed by atoms with Crippen molar-refractivity contribution in [3.8, 4) is 0 Å². The molecular weight excluding hydrogens is 468 g/mol. The van der Waals surface area contributed by atoms with Crippen LogP contribution in [0.5, 0.6) is 0 Å². The second kappa shape index (κ2) is 7.47. The molecule has 0 saturated heterocycles. The molecular formula is C15H12BrClINO2. The molecule has 0 saturated carbocycles. The number of halogens is 3. The highest BCUT2D eigenvalue weighted by Crippen LogP contribution is 2.35. The lowest BCUT2D eigenvalue weighted by molar-refractivity contribution is 0.155. The van der Waals surface area contributed by atoms with E-state index in [2.05, 4.69) is 43.8 Å². The summed E-state index contributed by atoms with van der Waals surface area (Å²) < 4.78 is 6.89. The average Bonchev–Trinajstić information content (AvgIpc) is 2.48. The lowest BCUT2D eigenvalue weighted by Crippen LogP contribution is -2.15. The van der Waals surface area contributed by atoms with Crippen molar-refractivity contribution < 1.29 is 9.53 Å². The van der Waals surface area contributed by atoms with E-state index in [9.17, 15) is 4.79 Å². The van der Waals surface area contributed by atoms with Gasteiger partial charge in [0.2, 0.25) is 0 Å². The quantitative estimate of drug-likeness (QED) is 0.448. The van der Waals surface area contributed by atoms with Gasteiger partial charge in [0, 0.05) is 8.04 Å². The first-order valence-corrected chi connectivity index (χ1v) is 8.36. The summed E-state index contributed by atoms with van der Waals surface area (Å²) in [6.45, 7) is 2.08. The maximum atomic E-state index is 11.9. The van der Waals surface area contributed by atoms with Gasteiger partial charge in [-0.25, -0.2) is 4.79 Å². The van der Waals surface area contributed by atoms with Crippen molar-refractivity contribution in [3.05, 3.63) is 60.6 Å². The number of anilines is 1. The van der Waals surface area contributed by atoms with Crippen LogP contribution in [0, 0.1) is 10.5 Å². The van der Waals surface area contributed by atoms with Gasteiger partial charge >= 0.3 is 6.09 Å². The van der Waals surface area contributed by atoms with Crippen LogP contribution in [-0.2, 0) is 11.3 Å². The van der Waals surface area contributed by atoms with Gasteiger partial charge in [0.05, 0.1) is 10.7 Å². The summed E-state index contributed by atoms with van der Waals surface area (Å²) in [4.78, 5) is 11.9. The van der Waals surface area contributed by atoms with Crippen LogP contribution in [0.15, 0.2) is 40.9 Å². The highest BCUT2D eigenvalue weighted by Gasteiger charge is 2.14. The molecule has 21 heavy (non-hydrogen) atoms. The summed E-state index contributed by atoms with van der Waals surface area (Å²) in [7, 11) is 0. The molecule has 1 amide bonds. The van der Waals surface area contributed by atoms with E-state index in [1.165, 1.54) is 0 Å². The topological polar surface area (TPSA) is 38.3 Å². The molecule has 6 heteroatoms. The van der Waals surface area contributed by atoms with Crippen LogP contribution in [0.1, 0.15) is 11.1 Å². The van der Waals surface area contributed by atoms with E-state index in [0.717, 1.165) is 19.2 Å². The van der Waals surface area contributed by atoms with Crippen molar-refractivity contribution in [1.29, 1.82) is 0 Å². The van der Waals surface area contributed by atoms with E-state index in [1.807, 2.05) is 43.3 Å². The molecule has 2 rings (SSSR count). The fourth-order valence-electron chi connectivity index (χ4n) is 1.73. The van der Waals surface area contributed by atoms with E-state index < -0.39 is 6.09 Å². The highest BCUT2D eigenvalue weighted by molar-refractivity contribution is 14.1. The lowest BCUT2D eigenvalue weighted by Gasteiger charge is -2.13. The molecule has 0 atom stereocenters. The van der Waals surface area contributed by atoms with Gasteiger partial charge in [0.25, 0.3) is 0 Å². The maximum Gasteiger partial charge on any atom is 0.411 e. The molecule has 0 aliphatic heterocycles. The summed E-state index contributed by atoms with van der Waals surface area (Å²) in [6, 6.07) is 11.4. The fraction of sp³-hybridized carbons (Fsp3) is 0.133. The number of ether oxygens (including phenoxy) is 1. The fourth-order valence-corrected chi connectivity index (χ4v) is 3.68. The van der Waals surface area contributed by atoms with Gasteiger partial charge in [0.15, 0.2) is 0 Å². The minimum atomic E-state index is -0.502. The standard InChI is InChI=1S/C15H12BrClINO2/c1-9-13(17)11(16)7-12(18)14(9)19-15(20)21-8-10-5-3-2-4-6-10/h2-7H,8H2,1H3,(H,19,20). The number of nitrogens with one attached hydrogen (secondary N) is 1. The minimum Gasteiger partial charge on any atom is -0.444 e. The Balaban J connectivity index is 2.05. The van der Waals surface area contributed by atoms with E-state index in [0.29, 0.717) is 10.7 Å². The Morgan fingerprint density at radius 3 is 2.71 bits per heavy atom. The molecule has 110 valence electrons. The van der Waals surface area contributed by atoms with Crippen molar-refractivity contribution in [2.45, 2.75) is 13.5 Å². The molecule has 0 spiro atoms. The normalized spacial score (nSPS) is 10.3. The van der Waals surface area contributed by atoms with Crippen molar-refractivity contribution in [3.63, 3.8) is 0 Å². The van der Waals surface area contributed by atoms with E-state index in [1.54, 1.807) is 0 Å². The summed E-state index contributed by atoms with van der Waals surface area (Å²) in [6.07, 6.45) is -0.502. The molecule has 1 N–H and O–H groups in total. The molecule has 0 radical (unpaired) electrons. The Kier molecular flexibility index (Phi) is 5.89. The first-order valence-electron chi connectivity index (χ1n) is 6.11. The van der Waals surface area contributed by atoms with Gasteiger partial charge in [-0.1, -0.05) is 41.9 Å². The van der Waals surface area contributed by atoms with E-state index in [4.69, 9.17) is 16.3 Å². The number of rotatable bonds is 3. The number of benzene rings is 2. The first-order chi connectivity index (χ1) is 9.99. The third-order valence-electron chi connectivity index (χ3n) is 2.85. The van der Waals surface area contributed by atoms with Gasteiger partial charge in [-0.3, -0.25) is 5.32 Å². The molecule has 0 bridgehead atoms. The molecule has 0 aliphatic rings. The zero-order valence-electron chi connectivity index (χ0n) is 11.1. The van der Waals surface area contributed by atoms with Crippen LogP contribution in [-0.4, -0.2) is 6.09 Å². The molecule has 0 heterocycles. The van der Waals surface area contributed by atoms with Gasteiger partial charge in [0.1, 0.15) is 6.61 Å². The number of amides is 1.